The van der Waals surface area contributed by atoms with Crippen molar-refractivity contribution in [3.05, 3.63) is 18.2 Å². The molecule has 3 heteroatoms. The van der Waals surface area contributed by atoms with Gasteiger partial charge in [0.2, 0.25) is 0 Å². The van der Waals surface area contributed by atoms with Crippen LogP contribution in [0.2, 0.25) is 0 Å². The Balaban J connectivity index is 2.53. The lowest BCUT2D eigenvalue weighted by atomic mass is 10.2. The van der Waals surface area contributed by atoms with Crippen LogP contribution in [0.4, 0.5) is 5.69 Å². The number of rotatable bonds is 9. The van der Waals surface area contributed by atoms with Gasteiger partial charge in [0.05, 0.1) is 13.7 Å². The van der Waals surface area contributed by atoms with Crippen LogP contribution in [0.3, 0.4) is 0 Å². The Bertz CT molecular complexity index is 364. The number of anilines is 1. The molecule has 19 heavy (non-hydrogen) atoms. The van der Waals surface area contributed by atoms with Crippen molar-refractivity contribution in [2.24, 2.45) is 0 Å². The summed E-state index contributed by atoms with van der Waals surface area (Å²) in [6.07, 6.45) is 4.85. The van der Waals surface area contributed by atoms with Gasteiger partial charge in [0.1, 0.15) is 0 Å². The van der Waals surface area contributed by atoms with E-state index in [0.717, 1.165) is 30.2 Å². The summed E-state index contributed by atoms with van der Waals surface area (Å²) >= 11 is 0. The van der Waals surface area contributed by atoms with Gasteiger partial charge in [0.15, 0.2) is 11.5 Å². The number of hydrogen-bond donors (Lipinski definition) is 1. The van der Waals surface area contributed by atoms with Crippen molar-refractivity contribution >= 4 is 5.69 Å². The number of ether oxygens (including phenoxy) is 2. The minimum Gasteiger partial charge on any atom is -0.493 e. The topological polar surface area (TPSA) is 30.5 Å². The minimum absolute atomic E-state index is 0.408. The number of benzene rings is 1. The van der Waals surface area contributed by atoms with Gasteiger partial charge in [-0.25, -0.2) is 0 Å². The van der Waals surface area contributed by atoms with E-state index in [1.54, 1.807) is 7.11 Å². The predicted molar refractivity (Wildman–Crippen MR) is 81.4 cm³/mol. The highest BCUT2D eigenvalue weighted by atomic mass is 16.5. The first-order valence-electron chi connectivity index (χ1n) is 7.24. The van der Waals surface area contributed by atoms with Gasteiger partial charge in [0.25, 0.3) is 0 Å². The van der Waals surface area contributed by atoms with Crippen molar-refractivity contribution in [1.82, 2.24) is 0 Å². The van der Waals surface area contributed by atoms with Gasteiger partial charge in [-0.1, -0.05) is 26.2 Å². The first-order valence-corrected chi connectivity index (χ1v) is 7.24. The van der Waals surface area contributed by atoms with Crippen molar-refractivity contribution < 1.29 is 9.47 Å². The second kappa shape index (κ2) is 8.68. The molecule has 0 spiro atoms. The van der Waals surface area contributed by atoms with Crippen LogP contribution in [-0.2, 0) is 0 Å². The lowest BCUT2D eigenvalue weighted by Gasteiger charge is -2.14. The first-order chi connectivity index (χ1) is 9.17. The van der Waals surface area contributed by atoms with Gasteiger partial charge < -0.3 is 14.8 Å². The lowest BCUT2D eigenvalue weighted by molar-refractivity contribution is 0.285. The molecule has 0 amide bonds. The van der Waals surface area contributed by atoms with E-state index in [2.05, 4.69) is 26.1 Å². The van der Waals surface area contributed by atoms with Gasteiger partial charge in [0, 0.05) is 17.8 Å². The van der Waals surface area contributed by atoms with Crippen LogP contribution in [0.25, 0.3) is 0 Å². The van der Waals surface area contributed by atoms with Crippen LogP contribution in [0, 0.1) is 0 Å². The number of methoxy groups -OCH3 is 1. The largest absolute Gasteiger partial charge is 0.493 e. The van der Waals surface area contributed by atoms with Gasteiger partial charge >= 0.3 is 0 Å². The number of unbranched alkanes of at least 4 members (excludes halogenated alkanes) is 3. The van der Waals surface area contributed by atoms with E-state index in [-0.39, 0.29) is 0 Å². The fourth-order valence-corrected chi connectivity index (χ4v) is 1.92. The van der Waals surface area contributed by atoms with E-state index >= 15 is 0 Å². The Morgan fingerprint density at radius 2 is 1.89 bits per heavy atom. The van der Waals surface area contributed by atoms with E-state index in [0.29, 0.717) is 6.04 Å². The van der Waals surface area contributed by atoms with E-state index in [9.17, 15) is 0 Å². The average Bonchev–Trinajstić information content (AvgIpc) is 2.39. The Morgan fingerprint density at radius 1 is 1.11 bits per heavy atom. The van der Waals surface area contributed by atoms with Gasteiger partial charge in [-0.2, -0.15) is 0 Å². The summed E-state index contributed by atoms with van der Waals surface area (Å²) in [5.41, 5.74) is 1.06. The highest BCUT2D eigenvalue weighted by Crippen LogP contribution is 2.30. The monoisotopic (exact) mass is 265 g/mol. The summed E-state index contributed by atoms with van der Waals surface area (Å²) in [7, 11) is 1.68. The maximum absolute atomic E-state index is 5.78. The summed E-state index contributed by atoms with van der Waals surface area (Å²) in [5, 5.41) is 3.36. The Morgan fingerprint density at radius 3 is 2.53 bits per heavy atom. The molecule has 0 saturated heterocycles. The normalized spacial score (nSPS) is 10.6. The fourth-order valence-electron chi connectivity index (χ4n) is 1.92. The van der Waals surface area contributed by atoms with Crippen molar-refractivity contribution in [2.75, 3.05) is 19.0 Å². The van der Waals surface area contributed by atoms with E-state index in [1.807, 2.05) is 18.2 Å². The predicted octanol–water partition coefficient (Wildman–Crippen LogP) is 4.47. The van der Waals surface area contributed by atoms with Crippen LogP contribution in [0.5, 0.6) is 11.5 Å². The molecule has 0 unspecified atom stereocenters. The summed E-state index contributed by atoms with van der Waals surface area (Å²) in [6.45, 7) is 7.20. The fraction of sp³-hybridized carbons (Fsp3) is 0.625. The summed E-state index contributed by atoms with van der Waals surface area (Å²) in [6, 6.07) is 6.40. The smallest absolute Gasteiger partial charge is 0.162 e. The van der Waals surface area contributed by atoms with Crippen molar-refractivity contribution in [3.8, 4) is 11.5 Å². The molecule has 0 atom stereocenters. The SMILES string of the molecule is CCCCCCOc1ccc(NC(C)C)cc1OC. The van der Waals surface area contributed by atoms with Crippen LogP contribution in [0.15, 0.2) is 18.2 Å². The molecule has 1 aromatic rings. The lowest BCUT2D eigenvalue weighted by Crippen LogP contribution is -2.09. The molecule has 0 fully saturated rings. The highest BCUT2D eigenvalue weighted by Gasteiger charge is 2.06. The molecule has 0 saturated carbocycles. The maximum atomic E-state index is 5.78. The molecule has 0 aliphatic rings. The summed E-state index contributed by atoms with van der Waals surface area (Å²) in [4.78, 5) is 0. The molecule has 0 aliphatic carbocycles. The molecule has 1 rings (SSSR count). The average molecular weight is 265 g/mol. The molecular formula is C16H27NO2. The zero-order valence-corrected chi connectivity index (χ0v) is 12.7. The number of hydrogen-bond acceptors (Lipinski definition) is 3. The molecule has 1 N–H and O–H groups in total. The van der Waals surface area contributed by atoms with E-state index in [1.165, 1.54) is 19.3 Å². The van der Waals surface area contributed by atoms with E-state index in [4.69, 9.17) is 9.47 Å². The second-order valence-corrected chi connectivity index (χ2v) is 5.07. The van der Waals surface area contributed by atoms with Gasteiger partial charge in [-0.3, -0.25) is 0 Å². The first kappa shape index (κ1) is 15.7. The second-order valence-electron chi connectivity index (χ2n) is 5.07. The molecule has 1 aromatic carbocycles. The molecule has 0 bridgehead atoms. The molecule has 0 heterocycles. The van der Waals surface area contributed by atoms with Crippen LogP contribution in [-0.4, -0.2) is 19.8 Å². The molecule has 0 aromatic heterocycles. The molecule has 0 aliphatic heterocycles. The Labute approximate surface area is 117 Å². The van der Waals surface area contributed by atoms with Crippen molar-refractivity contribution in [1.29, 1.82) is 0 Å². The van der Waals surface area contributed by atoms with Crippen molar-refractivity contribution in [3.63, 3.8) is 0 Å². The molecular weight excluding hydrogens is 238 g/mol. The van der Waals surface area contributed by atoms with Crippen LogP contribution < -0.4 is 14.8 Å². The van der Waals surface area contributed by atoms with Crippen LogP contribution >= 0.6 is 0 Å². The van der Waals surface area contributed by atoms with Gasteiger partial charge in [-0.05, 0) is 32.4 Å². The van der Waals surface area contributed by atoms with Crippen molar-refractivity contribution in [2.45, 2.75) is 52.5 Å². The third kappa shape index (κ3) is 5.86. The third-order valence-electron chi connectivity index (χ3n) is 2.87. The minimum atomic E-state index is 0.408. The van der Waals surface area contributed by atoms with Gasteiger partial charge in [-0.15, -0.1) is 0 Å². The third-order valence-corrected chi connectivity index (χ3v) is 2.87. The zero-order chi connectivity index (χ0) is 14.1. The summed E-state index contributed by atoms with van der Waals surface area (Å²) < 4.78 is 11.2. The molecule has 3 nitrogen and oxygen atoms in total. The molecule has 108 valence electrons. The quantitative estimate of drug-likeness (QED) is 0.668. The van der Waals surface area contributed by atoms with E-state index < -0.39 is 0 Å². The molecule has 0 radical (unpaired) electrons. The summed E-state index contributed by atoms with van der Waals surface area (Å²) in [5.74, 6) is 1.62. The Hall–Kier alpha value is -1.38. The zero-order valence-electron chi connectivity index (χ0n) is 12.7. The number of nitrogens with one attached hydrogen (secondary N) is 1. The highest BCUT2D eigenvalue weighted by molar-refractivity contribution is 5.55. The standard InChI is InChI=1S/C16H27NO2/c1-5-6-7-8-11-19-15-10-9-14(17-13(2)3)12-16(15)18-4/h9-10,12-13,17H,5-8,11H2,1-4H3. The Kier molecular flexibility index (Phi) is 7.16. The van der Waals surface area contributed by atoms with Crippen LogP contribution in [0.1, 0.15) is 46.5 Å². The maximum Gasteiger partial charge on any atom is 0.162 e.